The lowest BCUT2D eigenvalue weighted by atomic mass is 10.1. The molecule has 0 aromatic heterocycles. The Morgan fingerprint density at radius 1 is 1.31 bits per heavy atom. The first kappa shape index (κ1) is 13.3. The Morgan fingerprint density at radius 2 is 2.00 bits per heavy atom. The van der Waals surface area contributed by atoms with Crippen molar-refractivity contribution in [1.29, 1.82) is 0 Å². The van der Waals surface area contributed by atoms with Crippen LogP contribution < -0.4 is 5.32 Å². The van der Waals surface area contributed by atoms with Gasteiger partial charge in [0.25, 0.3) is 0 Å². The third kappa shape index (κ3) is 4.83. The molecule has 16 heavy (non-hydrogen) atoms. The summed E-state index contributed by atoms with van der Waals surface area (Å²) in [7, 11) is 0. The van der Waals surface area contributed by atoms with Gasteiger partial charge in [-0.25, -0.2) is 0 Å². The van der Waals surface area contributed by atoms with Gasteiger partial charge in [0.2, 0.25) is 0 Å². The minimum Gasteiger partial charge on any atom is -0.310 e. The van der Waals surface area contributed by atoms with Crippen molar-refractivity contribution in [2.45, 2.75) is 32.2 Å². The fraction of sp³-hybridized carbons (Fsp3) is 0.429. The molecule has 0 radical (unpaired) electrons. The zero-order valence-electron chi connectivity index (χ0n) is 9.67. The number of benzene rings is 1. The van der Waals surface area contributed by atoms with Crippen LogP contribution in [-0.2, 0) is 0 Å². The summed E-state index contributed by atoms with van der Waals surface area (Å²) < 4.78 is 1.12. The maximum Gasteiger partial charge on any atom is 0.0291 e. The second-order valence-corrected chi connectivity index (χ2v) is 4.80. The summed E-state index contributed by atoms with van der Waals surface area (Å²) in [5.41, 5.74) is 1.32. The zero-order chi connectivity index (χ0) is 11.8. The van der Waals surface area contributed by atoms with Gasteiger partial charge in [-0.15, -0.1) is 12.3 Å². The molecule has 1 N–H and O–H groups in total. The molecule has 1 nitrogen and oxygen atoms in total. The van der Waals surface area contributed by atoms with Crippen LogP contribution in [0.1, 0.15) is 37.8 Å². The normalized spacial score (nSPS) is 12.1. The van der Waals surface area contributed by atoms with Gasteiger partial charge in [0.15, 0.2) is 0 Å². The van der Waals surface area contributed by atoms with Crippen molar-refractivity contribution in [2.75, 3.05) is 6.54 Å². The molecular formula is C14H18BrN. The molecule has 0 saturated heterocycles. The van der Waals surface area contributed by atoms with Crippen molar-refractivity contribution in [3.8, 4) is 12.3 Å². The highest BCUT2D eigenvalue weighted by Crippen LogP contribution is 2.16. The van der Waals surface area contributed by atoms with E-state index in [9.17, 15) is 0 Å². The van der Waals surface area contributed by atoms with E-state index in [1.54, 1.807) is 0 Å². The Balaban J connectivity index is 2.27. The van der Waals surface area contributed by atoms with Crippen molar-refractivity contribution in [2.24, 2.45) is 0 Å². The van der Waals surface area contributed by atoms with Gasteiger partial charge in [-0.1, -0.05) is 28.1 Å². The lowest BCUT2D eigenvalue weighted by Gasteiger charge is -2.14. The number of halogens is 1. The Kier molecular flexibility index (Phi) is 6.22. The van der Waals surface area contributed by atoms with E-state index in [1.165, 1.54) is 5.56 Å². The SMILES string of the molecule is C#CCCCCNC(C)c1ccc(Br)cc1. The van der Waals surface area contributed by atoms with E-state index in [0.717, 1.165) is 30.3 Å². The highest BCUT2D eigenvalue weighted by molar-refractivity contribution is 9.10. The highest BCUT2D eigenvalue weighted by Gasteiger charge is 2.03. The Labute approximate surface area is 107 Å². The van der Waals surface area contributed by atoms with Gasteiger partial charge in [-0.2, -0.15) is 0 Å². The summed E-state index contributed by atoms with van der Waals surface area (Å²) >= 11 is 3.44. The van der Waals surface area contributed by atoms with Gasteiger partial charge in [-0.05, 0) is 44.0 Å². The molecule has 2 heteroatoms. The van der Waals surface area contributed by atoms with E-state index in [-0.39, 0.29) is 0 Å². The van der Waals surface area contributed by atoms with Gasteiger partial charge >= 0.3 is 0 Å². The Hall–Kier alpha value is -0.780. The van der Waals surface area contributed by atoms with Crippen LogP contribution in [0.5, 0.6) is 0 Å². The van der Waals surface area contributed by atoms with Crippen LogP contribution in [0.3, 0.4) is 0 Å². The van der Waals surface area contributed by atoms with E-state index in [2.05, 4.69) is 58.4 Å². The average molecular weight is 280 g/mol. The Morgan fingerprint density at radius 3 is 2.62 bits per heavy atom. The number of terminal acetylenes is 1. The highest BCUT2D eigenvalue weighted by atomic mass is 79.9. The molecule has 0 bridgehead atoms. The van der Waals surface area contributed by atoms with Gasteiger partial charge in [0.05, 0.1) is 0 Å². The predicted octanol–water partition coefficient (Wildman–Crippen LogP) is 3.90. The van der Waals surface area contributed by atoms with E-state index in [0.29, 0.717) is 6.04 Å². The standard InChI is InChI=1S/C14H18BrN/c1-3-4-5-6-11-16-12(2)13-7-9-14(15)10-8-13/h1,7-10,12,16H,4-6,11H2,2H3. The summed E-state index contributed by atoms with van der Waals surface area (Å²) in [5, 5.41) is 3.49. The second-order valence-electron chi connectivity index (χ2n) is 3.89. The van der Waals surface area contributed by atoms with E-state index >= 15 is 0 Å². The van der Waals surface area contributed by atoms with Gasteiger partial charge in [-0.3, -0.25) is 0 Å². The van der Waals surface area contributed by atoms with E-state index in [1.807, 2.05) is 0 Å². The number of hydrogen-bond donors (Lipinski definition) is 1. The minimum atomic E-state index is 0.402. The topological polar surface area (TPSA) is 12.0 Å². The summed E-state index contributed by atoms with van der Waals surface area (Å²) in [4.78, 5) is 0. The monoisotopic (exact) mass is 279 g/mol. The summed E-state index contributed by atoms with van der Waals surface area (Å²) in [5.74, 6) is 2.66. The molecule has 0 aliphatic heterocycles. The molecule has 0 aliphatic rings. The summed E-state index contributed by atoms with van der Waals surface area (Å²) in [6, 6.07) is 8.84. The van der Waals surface area contributed by atoms with Crippen molar-refractivity contribution in [3.05, 3.63) is 34.3 Å². The zero-order valence-corrected chi connectivity index (χ0v) is 11.3. The maximum atomic E-state index is 5.20. The maximum absolute atomic E-state index is 5.20. The molecule has 1 rings (SSSR count). The summed E-state index contributed by atoms with van der Waals surface area (Å²) in [6.07, 6.45) is 8.34. The number of nitrogens with one attached hydrogen (secondary N) is 1. The lowest BCUT2D eigenvalue weighted by Crippen LogP contribution is -2.19. The largest absolute Gasteiger partial charge is 0.310 e. The third-order valence-corrected chi connectivity index (χ3v) is 3.10. The molecule has 0 aliphatic carbocycles. The molecule has 0 fully saturated rings. The van der Waals surface area contributed by atoms with E-state index < -0.39 is 0 Å². The number of rotatable bonds is 6. The van der Waals surface area contributed by atoms with Crippen LogP contribution in [0.4, 0.5) is 0 Å². The van der Waals surface area contributed by atoms with Crippen LogP contribution in [-0.4, -0.2) is 6.54 Å². The van der Waals surface area contributed by atoms with Gasteiger partial charge in [0.1, 0.15) is 0 Å². The quantitative estimate of drug-likeness (QED) is 0.615. The molecule has 86 valence electrons. The van der Waals surface area contributed by atoms with Crippen molar-refractivity contribution in [1.82, 2.24) is 5.32 Å². The predicted molar refractivity (Wildman–Crippen MR) is 73.2 cm³/mol. The van der Waals surface area contributed by atoms with Crippen molar-refractivity contribution >= 4 is 15.9 Å². The summed E-state index contributed by atoms with van der Waals surface area (Å²) in [6.45, 7) is 3.21. The van der Waals surface area contributed by atoms with Crippen LogP contribution in [0.2, 0.25) is 0 Å². The molecular weight excluding hydrogens is 262 g/mol. The smallest absolute Gasteiger partial charge is 0.0291 e. The van der Waals surface area contributed by atoms with Crippen LogP contribution in [0.15, 0.2) is 28.7 Å². The third-order valence-electron chi connectivity index (χ3n) is 2.57. The molecule has 1 atom stereocenters. The molecule has 0 amide bonds. The van der Waals surface area contributed by atoms with Gasteiger partial charge in [0, 0.05) is 16.9 Å². The molecule has 1 aromatic rings. The fourth-order valence-corrected chi connectivity index (χ4v) is 1.80. The second kappa shape index (κ2) is 7.49. The molecule has 0 heterocycles. The first-order valence-corrected chi connectivity index (χ1v) is 6.45. The average Bonchev–Trinajstić information content (AvgIpc) is 2.29. The van der Waals surface area contributed by atoms with Crippen LogP contribution in [0.25, 0.3) is 0 Å². The van der Waals surface area contributed by atoms with Crippen molar-refractivity contribution < 1.29 is 0 Å². The first-order valence-electron chi connectivity index (χ1n) is 5.66. The fourth-order valence-electron chi connectivity index (χ4n) is 1.54. The lowest BCUT2D eigenvalue weighted by molar-refractivity contribution is 0.549. The number of hydrogen-bond acceptors (Lipinski definition) is 1. The van der Waals surface area contributed by atoms with Crippen LogP contribution >= 0.6 is 15.9 Å². The molecule has 0 spiro atoms. The molecule has 1 unspecified atom stereocenters. The molecule has 0 saturated carbocycles. The van der Waals surface area contributed by atoms with Gasteiger partial charge < -0.3 is 5.32 Å². The first-order chi connectivity index (χ1) is 7.74. The number of unbranched alkanes of at least 4 members (excludes halogenated alkanes) is 2. The minimum absolute atomic E-state index is 0.402. The van der Waals surface area contributed by atoms with Crippen LogP contribution in [0, 0.1) is 12.3 Å². The Bertz CT molecular complexity index is 337. The molecule has 1 aromatic carbocycles. The van der Waals surface area contributed by atoms with E-state index in [4.69, 9.17) is 6.42 Å². The van der Waals surface area contributed by atoms with Crippen molar-refractivity contribution in [3.63, 3.8) is 0 Å².